The largest absolute Gasteiger partial charge is 0.495 e. The van der Waals surface area contributed by atoms with E-state index in [1.165, 1.54) is 13.2 Å². The molecule has 0 aliphatic carbocycles. The molecule has 0 unspecified atom stereocenters. The van der Waals surface area contributed by atoms with Crippen molar-refractivity contribution in [2.45, 2.75) is 38.5 Å². The lowest BCUT2D eigenvalue weighted by Gasteiger charge is -2.22. The van der Waals surface area contributed by atoms with Crippen LogP contribution in [0.15, 0.2) is 39.7 Å². The van der Waals surface area contributed by atoms with Crippen molar-refractivity contribution < 1.29 is 22.3 Å². The molecule has 2 rings (SSSR count). The van der Waals surface area contributed by atoms with Gasteiger partial charge in [-0.2, -0.15) is 4.31 Å². The Morgan fingerprint density at radius 3 is 2.23 bits per heavy atom. The number of nitrogens with zero attached hydrogens (tertiary/aromatic N) is 1. The summed E-state index contributed by atoms with van der Waals surface area (Å²) >= 11 is 3.48. The summed E-state index contributed by atoms with van der Waals surface area (Å²) in [6.45, 7) is 5.22. The highest BCUT2D eigenvalue weighted by Crippen LogP contribution is 2.29. The van der Waals surface area contributed by atoms with Gasteiger partial charge in [-0.15, -0.1) is 0 Å². The maximum atomic E-state index is 13.7. The average Bonchev–Trinajstić information content (AvgIpc) is 2.72. The number of methoxy groups -OCH3 is 1. The van der Waals surface area contributed by atoms with Crippen LogP contribution in [0.3, 0.4) is 0 Å². The van der Waals surface area contributed by atoms with E-state index < -0.39 is 28.3 Å². The maximum Gasteiger partial charge on any atom is 0.247 e. The SMILES string of the molecule is CCc1cc(Br)cc(CC)c1NC(=O)CN(CC)S(=O)(=O)c1cc(F)ccc1OC. The summed E-state index contributed by atoms with van der Waals surface area (Å²) in [5, 5.41) is 2.87. The highest BCUT2D eigenvalue weighted by atomic mass is 79.9. The molecule has 1 amide bonds. The van der Waals surface area contributed by atoms with E-state index in [0.717, 1.165) is 32.0 Å². The molecule has 164 valence electrons. The second-order valence-electron chi connectivity index (χ2n) is 6.58. The number of halogens is 2. The Morgan fingerprint density at radius 1 is 1.13 bits per heavy atom. The van der Waals surface area contributed by atoms with Crippen LogP contribution in [0.25, 0.3) is 0 Å². The first-order valence-electron chi connectivity index (χ1n) is 9.62. The summed E-state index contributed by atoms with van der Waals surface area (Å²) in [5.74, 6) is -1.16. The normalized spacial score (nSPS) is 11.6. The number of benzene rings is 2. The van der Waals surface area contributed by atoms with Crippen LogP contribution in [0.4, 0.5) is 10.1 Å². The molecule has 30 heavy (non-hydrogen) atoms. The fraction of sp³-hybridized carbons (Fsp3) is 0.381. The Labute approximate surface area is 185 Å². The van der Waals surface area contributed by atoms with Crippen LogP contribution in [0.5, 0.6) is 5.75 Å². The van der Waals surface area contributed by atoms with E-state index in [0.29, 0.717) is 18.5 Å². The molecule has 0 aromatic heterocycles. The molecule has 6 nitrogen and oxygen atoms in total. The summed E-state index contributed by atoms with van der Waals surface area (Å²) in [5.41, 5.74) is 2.60. The molecule has 0 saturated carbocycles. The van der Waals surface area contributed by atoms with Gasteiger partial charge in [0.05, 0.1) is 13.7 Å². The number of amides is 1. The smallest absolute Gasteiger partial charge is 0.247 e. The number of likely N-dealkylation sites (N-methyl/N-ethyl adjacent to an activating group) is 1. The van der Waals surface area contributed by atoms with E-state index in [2.05, 4.69) is 21.2 Å². The number of ether oxygens (including phenoxy) is 1. The van der Waals surface area contributed by atoms with Gasteiger partial charge in [-0.1, -0.05) is 36.7 Å². The zero-order valence-electron chi connectivity index (χ0n) is 17.5. The fourth-order valence-electron chi connectivity index (χ4n) is 3.14. The van der Waals surface area contributed by atoms with Crippen molar-refractivity contribution in [3.05, 3.63) is 51.7 Å². The van der Waals surface area contributed by atoms with E-state index in [-0.39, 0.29) is 17.2 Å². The second-order valence-corrected chi connectivity index (χ2v) is 9.40. The standard InChI is InChI=1S/C21H26BrFN2O4S/c1-5-14-10-16(22)11-15(6-2)21(14)24-20(26)13-25(7-3)30(27,28)19-12-17(23)8-9-18(19)29-4/h8-12H,5-7,13H2,1-4H3,(H,24,26). The zero-order valence-corrected chi connectivity index (χ0v) is 19.9. The third-order valence-electron chi connectivity index (χ3n) is 4.71. The third kappa shape index (κ3) is 5.39. The van der Waals surface area contributed by atoms with Crippen LogP contribution < -0.4 is 10.1 Å². The van der Waals surface area contributed by atoms with Crippen LogP contribution in [0.2, 0.25) is 0 Å². The van der Waals surface area contributed by atoms with E-state index in [4.69, 9.17) is 4.74 Å². The summed E-state index contributed by atoms with van der Waals surface area (Å²) in [6, 6.07) is 7.13. The minimum absolute atomic E-state index is 0.0182. The summed E-state index contributed by atoms with van der Waals surface area (Å²) < 4.78 is 46.8. The van der Waals surface area contributed by atoms with Crippen molar-refractivity contribution in [1.82, 2.24) is 4.31 Å². The number of anilines is 1. The molecule has 2 aromatic rings. The molecule has 0 atom stereocenters. The number of aryl methyl sites for hydroxylation is 2. The molecule has 0 aliphatic heterocycles. The zero-order chi connectivity index (χ0) is 22.5. The molecular formula is C21H26BrFN2O4S. The average molecular weight is 501 g/mol. The Hall–Kier alpha value is -1.97. The van der Waals surface area contributed by atoms with Crippen molar-refractivity contribution in [3.8, 4) is 5.75 Å². The number of carbonyl (C=O) groups excluding carboxylic acids is 1. The fourth-order valence-corrected chi connectivity index (χ4v) is 5.27. The van der Waals surface area contributed by atoms with Gasteiger partial charge in [0.2, 0.25) is 15.9 Å². The molecule has 0 aliphatic rings. The predicted molar refractivity (Wildman–Crippen MR) is 119 cm³/mol. The molecule has 0 radical (unpaired) electrons. The first-order valence-corrected chi connectivity index (χ1v) is 11.9. The summed E-state index contributed by atoms with van der Waals surface area (Å²) in [7, 11) is -2.83. The van der Waals surface area contributed by atoms with Crippen molar-refractivity contribution in [2.75, 3.05) is 25.5 Å². The van der Waals surface area contributed by atoms with Crippen LogP contribution >= 0.6 is 15.9 Å². The summed E-state index contributed by atoms with van der Waals surface area (Å²) in [4.78, 5) is 12.5. The molecule has 0 fully saturated rings. The molecule has 0 saturated heterocycles. The Kier molecular flexibility index (Phi) is 8.40. The lowest BCUT2D eigenvalue weighted by molar-refractivity contribution is -0.116. The number of hydrogen-bond acceptors (Lipinski definition) is 4. The lowest BCUT2D eigenvalue weighted by Crippen LogP contribution is -2.38. The minimum Gasteiger partial charge on any atom is -0.495 e. The summed E-state index contributed by atoms with van der Waals surface area (Å²) in [6.07, 6.45) is 1.41. The molecule has 0 spiro atoms. The highest BCUT2D eigenvalue weighted by Gasteiger charge is 2.29. The number of sulfonamides is 1. The van der Waals surface area contributed by atoms with Gasteiger partial charge in [0, 0.05) is 16.7 Å². The van der Waals surface area contributed by atoms with Gasteiger partial charge >= 0.3 is 0 Å². The van der Waals surface area contributed by atoms with Crippen molar-refractivity contribution in [2.24, 2.45) is 0 Å². The molecule has 2 aromatic carbocycles. The first kappa shape index (κ1) is 24.3. The van der Waals surface area contributed by atoms with Gasteiger partial charge in [0.15, 0.2) is 0 Å². The molecule has 1 N–H and O–H groups in total. The van der Waals surface area contributed by atoms with Crippen molar-refractivity contribution in [3.63, 3.8) is 0 Å². The third-order valence-corrected chi connectivity index (χ3v) is 7.11. The predicted octanol–water partition coefficient (Wildman–Crippen LogP) is 4.37. The topological polar surface area (TPSA) is 75.7 Å². The van der Waals surface area contributed by atoms with Gasteiger partial charge in [-0.3, -0.25) is 4.79 Å². The van der Waals surface area contributed by atoms with E-state index in [1.54, 1.807) is 6.92 Å². The highest BCUT2D eigenvalue weighted by molar-refractivity contribution is 9.10. The molecule has 9 heteroatoms. The maximum absolute atomic E-state index is 13.7. The van der Waals surface area contributed by atoms with E-state index in [9.17, 15) is 17.6 Å². The molecule has 0 bridgehead atoms. The number of carbonyl (C=O) groups is 1. The number of nitrogens with one attached hydrogen (secondary N) is 1. The monoisotopic (exact) mass is 500 g/mol. The van der Waals surface area contributed by atoms with Crippen LogP contribution in [0, 0.1) is 5.82 Å². The first-order chi connectivity index (χ1) is 14.2. The van der Waals surface area contributed by atoms with E-state index >= 15 is 0 Å². The Morgan fingerprint density at radius 2 is 1.73 bits per heavy atom. The minimum atomic E-state index is -4.14. The Bertz CT molecular complexity index is 1000. The van der Waals surface area contributed by atoms with Gasteiger partial charge in [0.25, 0.3) is 0 Å². The van der Waals surface area contributed by atoms with Gasteiger partial charge in [0.1, 0.15) is 16.5 Å². The molecular weight excluding hydrogens is 475 g/mol. The van der Waals surface area contributed by atoms with Crippen molar-refractivity contribution >= 4 is 37.5 Å². The van der Waals surface area contributed by atoms with Gasteiger partial charge in [-0.05, 0) is 54.3 Å². The quantitative estimate of drug-likeness (QED) is 0.554. The van der Waals surface area contributed by atoms with E-state index in [1.807, 2.05) is 26.0 Å². The van der Waals surface area contributed by atoms with Gasteiger partial charge < -0.3 is 10.1 Å². The molecule has 0 heterocycles. The van der Waals surface area contributed by atoms with Crippen LogP contribution in [-0.2, 0) is 27.7 Å². The number of hydrogen-bond donors (Lipinski definition) is 1. The van der Waals surface area contributed by atoms with Crippen LogP contribution in [0.1, 0.15) is 31.9 Å². The lowest BCUT2D eigenvalue weighted by atomic mass is 10.0. The second kappa shape index (κ2) is 10.4. The van der Waals surface area contributed by atoms with Crippen LogP contribution in [-0.4, -0.2) is 38.8 Å². The Balaban J connectivity index is 2.33. The number of rotatable bonds is 9. The van der Waals surface area contributed by atoms with Gasteiger partial charge in [-0.25, -0.2) is 12.8 Å². The van der Waals surface area contributed by atoms with Crippen molar-refractivity contribution in [1.29, 1.82) is 0 Å².